The van der Waals surface area contributed by atoms with E-state index in [2.05, 4.69) is 5.32 Å². The van der Waals surface area contributed by atoms with Crippen LogP contribution in [0, 0.1) is 5.92 Å². The van der Waals surface area contributed by atoms with E-state index in [1.165, 1.54) is 12.1 Å². The quantitative estimate of drug-likeness (QED) is 0.384. The van der Waals surface area contributed by atoms with Gasteiger partial charge >= 0.3 is 24.0 Å². The molecule has 1 amide bonds. The Hall–Kier alpha value is -3.47. The summed E-state index contributed by atoms with van der Waals surface area (Å²) in [7, 11) is 0. The largest absolute Gasteiger partial charge is 0.461 e. The highest BCUT2D eigenvalue weighted by molar-refractivity contribution is 5.87. The summed E-state index contributed by atoms with van der Waals surface area (Å²) >= 11 is 0. The van der Waals surface area contributed by atoms with Crippen molar-refractivity contribution in [2.75, 3.05) is 0 Å². The van der Waals surface area contributed by atoms with Crippen LogP contribution in [0.5, 0.6) is 11.5 Å². The summed E-state index contributed by atoms with van der Waals surface area (Å²) in [4.78, 5) is 60.9. The van der Waals surface area contributed by atoms with Crippen LogP contribution in [-0.2, 0) is 35.1 Å². The molecular formula is C24H32N2O9. The van der Waals surface area contributed by atoms with Crippen LogP contribution in [0.3, 0.4) is 0 Å². The van der Waals surface area contributed by atoms with Crippen molar-refractivity contribution in [1.29, 1.82) is 0 Å². The molecule has 1 aliphatic rings. The van der Waals surface area contributed by atoms with Gasteiger partial charge in [-0.2, -0.15) is 0 Å². The second-order valence-corrected chi connectivity index (χ2v) is 8.91. The average Bonchev–Trinajstić information content (AvgIpc) is 2.73. The Labute approximate surface area is 203 Å². The maximum Gasteiger partial charge on any atom is 0.408 e. The fourth-order valence-corrected chi connectivity index (χ4v) is 3.12. The van der Waals surface area contributed by atoms with Gasteiger partial charge < -0.3 is 30.0 Å². The third-order valence-corrected chi connectivity index (χ3v) is 4.94. The molecule has 0 radical (unpaired) electrons. The summed E-state index contributed by atoms with van der Waals surface area (Å²) in [6.45, 7) is 8.41. The maximum absolute atomic E-state index is 12.7. The first-order chi connectivity index (χ1) is 16.3. The van der Waals surface area contributed by atoms with Crippen molar-refractivity contribution in [3.63, 3.8) is 0 Å². The van der Waals surface area contributed by atoms with Crippen LogP contribution in [-0.4, -0.2) is 54.1 Å². The molecule has 2 unspecified atom stereocenters. The topological polar surface area (TPSA) is 160 Å². The minimum atomic E-state index is -1.14. The number of fused-ring (bicyclic) bond motifs is 1. The van der Waals surface area contributed by atoms with Crippen LogP contribution in [0.1, 0.15) is 53.0 Å². The molecule has 1 aromatic rings. The van der Waals surface area contributed by atoms with E-state index >= 15 is 0 Å². The lowest BCUT2D eigenvalue weighted by Crippen LogP contribution is -2.45. The first kappa shape index (κ1) is 27.8. The smallest absolute Gasteiger partial charge is 0.408 e. The molecule has 2 rings (SSSR count). The zero-order valence-electron chi connectivity index (χ0n) is 20.5. The van der Waals surface area contributed by atoms with Crippen LogP contribution in [0.25, 0.3) is 0 Å². The van der Waals surface area contributed by atoms with Crippen molar-refractivity contribution in [2.45, 2.75) is 78.2 Å². The van der Waals surface area contributed by atoms with Crippen LogP contribution in [0.4, 0.5) is 4.79 Å². The molecule has 192 valence electrons. The molecule has 3 N–H and O–H groups in total. The SMILES string of the molecule is CC(C)OC(=O)[C@H](Cc1ccc2c(c1)OC(=O)CC(N)C(=O)O2)NC(=O)OC(C)CC(=O)C(C)C. The van der Waals surface area contributed by atoms with Crippen LogP contribution >= 0.6 is 0 Å². The molecule has 0 saturated carbocycles. The number of Topliss-reactive ketones (excluding diaryl/α,β-unsaturated/α-hetero) is 1. The van der Waals surface area contributed by atoms with E-state index in [4.69, 9.17) is 24.7 Å². The molecule has 0 aliphatic carbocycles. The fourth-order valence-electron chi connectivity index (χ4n) is 3.12. The van der Waals surface area contributed by atoms with Gasteiger partial charge in [0, 0.05) is 18.8 Å². The number of alkyl carbamates (subject to hydrolysis) is 1. The highest BCUT2D eigenvalue weighted by atomic mass is 16.6. The number of nitrogens with one attached hydrogen (secondary N) is 1. The second kappa shape index (κ2) is 12.3. The lowest BCUT2D eigenvalue weighted by atomic mass is 10.0. The van der Waals surface area contributed by atoms with Crippen molar-refractivity contribution in [1.82, 2.24) is 5.32 Å². The number of carbonyl (C=O) groups is 5. The van der Waals surface area contributed by atoms with Crippen molar-refractivity contribution < 1.29 is 42.9 Å². The number of nitrogens with two attached hydrogens (primary N) is 1. The van der Waals surface area contributed by atoms with E-state index in [9.17, 15) is 24.0 Å². The number of esters is 3. The van der Waals surface area contributed by atoms with E-state index in [1.807, 2.05) is 0 Å². The molecule has 0 aromatic heterocycles. The number of hydrogen-bond donors (Lipinski definition) is 2. The molecule has 1 heterocycles. The van der Waals surface area contributed by atoms with Gasteiger partial charge in [0.05, 0.1) is 12.5 Å². The third kappa shape index (κ3) is 8.67. The van der Waals surface area contributed by atoms with E-state index < -0.39 is 48.3 Å². The molecule has 11 nitrogen and oxygen atoms in total. The number of amides is 1. The number of benzene rings is 1. The van der Waals surface area contributed by atoms with Crippen molar-refractivity contribution in [3.05, 3.63) is 23.8 Å². The Bertz CT molecular complexity index is 974. The van der Waals surface area contributed by atoms with Crippen LogP contribution in [0.15, 0.2) is 18.2 Å². The summed E-state index contributed by atoms with van der Waals surface area (Å²) in [6, 6.07) is 2.08. The molecule has 0 fully saturated rings. The Morgan fingerprint density at radius 3 is 2.37 bits per heavy atom. The highest BCUT2D eigenvalue weighted by Crippen LogP contribution is 2.31. The van der Waals surface area contributed by atoms with Gasteiger partial charge in [0.1, 0.15) is 24.0 Å². The molecule has 1 aliphatic heterocycles. The third-order valence-electron chi connectivity index (χ3n) is 4.94. The van der Waals surface area contributed by atoms with Gasteiger partial charge in [0.2, 0.25) is 0 Å². The van der Waals surface area contributed by atoms with Gasteiger partial charge in [-0.1, -0.05) is 19.9 Å². The monoisotopic (exact) mass is 492 g/mol. The lowest BCUT2D eigenvalue weighted by molar-refractivity contribution is -0.150. The number of carbonyl (C=O) groups excluding carboxylic acids is 5. The summed E-state index contributed by atoms with van der Waals surface area (Å²) < 4.78 is 20.9. The Balaban J connectivity index is 2.17. The summed E-state index contributed by atoms with van der Waals surface area (Å²) in [5.41, 5.74) is 6.07. The Morgan fingerprint density at radius 2 is 1.74 bits per heavy atom. The second-order valence-electron chi connectivity index (χ2n) is 8.91. The average molecular weight is 493 g/mol. The van der Waals surface area contributed by atoms with Crippen molar-refractivity contribution in [3.8, 4) is 11.5 Å². The van der Waals surface area contributed by atoms with E-state index in [-0.39, 0.29) is 42.5 Å². The van der Waals surface area contributed by atoms with Gasteiger partial charge in [-0.25, -0.2) is 14.4 Å². The summed E-state index contributed by atoms with van der Waals surface area (Å²) in [5, 5.41) is 2.47. The summed E-state index contributed by atoms with van der Waals surface area (Å²) in [6.07, 6.45) is -2.37. The van der Waals surface area contributed by atoms with Crippen LogP contribution in [0.2, 0.25) is 0 Å². The van der Waals surface area contributed by atoms with E-state index in [0.29, 0.717) is 5.56 Å². The zero-order valence-corrected chi connectivity index (χ0v) is 20.5. The lowest BCUT2D eigenvalue weighted by Gasteiger charge is -2.22. The van der Waals surface area contributed by atoms with Gasteiger partial charge in [-0.15, -0.1) is 0 Å². The minimum Gasteiger partial charge on any atom is -0.461 e. The number of rotatable bonds is 9. The minimum absolute atomic E-state index is 0.000398. The molecule has 0 bridgehead atoms. The normalized spacial score (nSPS) is 17.3. The van der Waals surface area contributed by atoms with Gasteiger partial charge in [0.25, 0.3) is 0 Å². The molecule has 0 saturated heterocycles. The number of hydrogen-bond acceptors (Lipinski definition) is 10. The molecule has 35 heavy (non-hydrogen) atoms. The molecular weight excluding hydrogens is 460 g/mol. The van der Waals surface area contributed by atoms with E-state index in [0.717, 1.165) is 0 Å². The highest BCUT2D eigenvalue weighted by Gasteiger charge is 2.29. The standard InChI is InChI=1S/C24H32N2O9/c1-12(2)18(27)8-14(5)33-24(31)26-17(23(30)32-13(3)4)9-15-6-7-19-20(10-15)34-21(28)11-16(25)22(29)35-19/h6-7,10,12-14,16-17H,8-9,11,25H2,1-5H3,(H,26,31)/t14?,16?,17-/m0/s1. The first-order valence-corrected chi connectivity index (χ1v) is 11.4. The number of ether oxygens (including phenoxy) is 4. The predicted molar refractivity (Wildman–Crippen MR) is 123 cm³/mol. The fraction of sp³-hybridized carbons (Fsp3) is 0.542. The van der Waals surface area contributed by atoms with Crippen LogP contribution < -0.4 is 20.5 Å². The Kier molecular flexibility index (Phi) is 9.76. The van der Waals surface area contributed by atoms with Gasteiger partial charge in [-0.3, -0.25) is 9.59 Å². The predicted octanol–water partition coefficient (Wildman–Crippen LogP) is 1.82. The maximum atomic E-state index is 12.7. The van der Waals surface area contributed by atoms with E-state index in [1.54, 1.807) is 40.7 Å². The van der Waals surface area contributed by atoms with Crippen molar-refractivity contribution in [2.24, 2.45) is 11.7 Å². The van der Waals surface area contributed by atoms with Gasteiger partial charge in [0.15, 0.2) is 11.5 Å². The Morgan fingerprint density at radius 1 is 1.06 bits per heavy atom. The molecule has 3 atom stereocenters. The zero-order chi connectivity index (χ0) is 26.3. The molecule has 11 heteroatoms. The first-order valence-electron chi connectivity index (χ1n) is 11.4. The summed E-state index contributed by atoms with van der Waals surface area (Å²) in [5.74, 6) is -2.47. The molecule has 0 spiro atoms. The molecule has 1 aromatic carbocycles. The van der Waals surface area contributed by atoms with Gasteiger partial charge in [-0.05, 0) is 38.5 Å². The van der Waals surface area contributed by atoms with Crippen molar-refractivity contribution >= 4 is 29.8 Å². The number of ketones is 1.